The average molecular weight is 394 g/mol. The molecule has 1 aliphatic rings. The average Bonchev–Trinajstić information content (AvgIpc) is 3.17. The Morgan fingerprint density at radius 1 is 1.28 bits per heavy atom. The minimum absolute atomic E-state index is 0.0397. The van der Waals surface area contributed by atoms with Gasteiger partial charge in [0, 0.05) is 17.8 Å². The van der Waals surface area contributed by atoms with E-state index in [4.69, 9.17) is 4.52 Å². The van der Waals surface area contributed by atoms with Gasteiger partial charge in [-0.1, -0.05) is 17.3 Å². The van der Waals surface area contributed by atoms with Gasteiger partial charge >= 0.3 is 0 Å². The Hall–Kier alpha value is -3.06. The van der Waals surface area contributed by atoms with Gasteiger partial charge in [-0.25, -0.2) is 4.39 Å². The monoisotopic (exact) mass is 394 g/mol. The molecule has 1 aliphatic heterocycles. The van der Waals surface area contributed by atoms with Gasteiger partial charge in [-0.05, 0) is 68.3 Å². The van der Waals surface area contributed by atoms with Crippen LogP contribution in [0.3, 0.4) is 0 Å². The maximum absolute atomic E-state index is 13.1. The first-order valence-corrected chi connectivity index (χ1v) is 9.75. The largest absolute Gasteiger partial charge is 0.338 e. The molecule has 0 spiro atoms. The molecule has 1 amide bonds. The zero-order valence-electron chi connectivity index (χ0n) is 16.3. The molecule has 6 nitrogen and oxygen atoms in total. The molecular weight excluding hydrogens is 371 g/mol. The molecule has 0 radical (unpaired) electrons. The third-order valence-corrected chi connectivity index (χ3v) is 5.09. The number of aromatic nitrogens is 2. The van der Waals surface area contributed by atoms with Gasteiger partial charge in [-0.15, -0.1) is 0 Å². The lowest BCUT2D eigenvalue weighted by atomic mass is 9.97. The number of carbonyl (C=O) groups excluding carboxylic acids is 1. The summed E-state index contributed by atoms with van der Waals surface area (Å²) in [7, 11) is 0. The highest BCUT2D eigenvalue weighted by Crippen LogP contribution is 2.22. The lowest BCUT2D eigenvalue weighted by molar-refractivity contribution is -0.121. The van der Waals surface area contributed by atoms with Crippen LogP contribution in [0.5, 0.6) is 0 Å². The predicted octanol–water partition coefficient (Wildman–Crippen LogP) is 4.03. The normalized spacial score (nSPS) is 17.2. The van der Waals surface area contributed by atoms with E-state index in [-0.39, 0.29) is 17.6 Å². The summed E-state index contributed by atoms with van der Waals surface area (Å²) in [5.74, 6) is 0.581. The van der Waals surface area contributed by atoms with E-state index < -0.39 is 0 Å². The third-order valence-electron chi connectivity index (χ3n) is 5.09. The Kier molecular flexibility index (Phi) is 5.67. The molecule has 1 atom stereocenters. The number of nitrogens with zero attached hydrogens (tertiary/aromatic N) is 3. The predicted molar refractivity (Wildman–Crippen MR) is 108 cm³/mol. The van der Waals surface area contributed by atoms with Gasteiger partial charge in [0.15, 0.2) is 0 Å². The first-order chi connectivity index (χ1) is 14.1. The number of aryl methyl sites for hydroxylation is 1. The molecule has 0 saturated carbocycles. The molecule has 2 heterocycles. The molecule has 3 aromatic rings. The van der Waals surface area contributed by atoms with Gasteiger partial charge in [-0.2, -0.15) is 4.98 Å². The molecule has 1 aromatic heterocycles. The Morgan fingerprint density at radius 3 is 2.90 bits per heavy atom. The van der Waals surface area contributed by atoms with E-state index in [9.17, 15) is 9.18 Å². The van der Waals surface area contributed by atoms with Crippen LogP contribution in [0.1, 0.15) is 24.3 Å². The molecule has 0 bridgehead atoms. The highest BCUT2D eigenvalue weighted by molar-refractivity contribution is 5.92. The van der Waals surface area contributed by atoms with Gasteiger partial charge in [0.2, 0.25) is 17.6 Å². The fraction of sp³-hybridized carbons (Fsp3) is 0.318. The molecule has 150 valence electrons. The van der Waals surface area contributed by atoms with Gasteiger partial charge in [-0.3, -0.25) is 9.69 Å². The highest BCUT2D eigenvalue weighted by Gasteiger charge is 2.27. The molecule has 7 heteroatoms. The Morgan fingerprint density at radius 2 is 2.10 bits per heavy atom. The van der Waals surface area contributed by atoms with E-state index in [1.54, 1.807) is 12.1 Å². The van der Waals surface area contributed by atoms with Crippen LogP contribution in [0.15, 0.2) is 53.1 Å². The van der Waals surface area contributed by atoms with E-state index >= 15 is 0 Å². The first kappa shape index (κ1) is 19.3. The minimum atomic E-state index is -0.305. The maximum Gasteiger partial charge on any atom is 0.241 e. The molecule has 4 rings (SSSR count). The van der Waals surface area contributed by atoms with Crippen LogP contribution in [0.2, 0.25) is 0 Å². The third kappa shape index (κ3) is 4.86. The van der Waals surface area contributed by atoms with Crippen LogP contribution in [0.4, 0.5) is 10.1 Å². The summed E-state index contributed by atoms with van der Waals surface area (Å²) in [5.41, 5.74) is 2.64. The molecule has 1 unspecified atom stereocenters. The van der Waals surface area contributed by atoms with Crippen molar-refractivity contribution in [1.29, 1.82) is 0 Å². The summed E-state index contributed by atoms with van der Waals surface area (Å²) in [5, 5.41) is 7.00. The van der Waals surface area contributed by atoms with E-state index in [2.05, 4.69) is 20.4 Å². The SMILES string of the molecule is Cc1cccc(NC(=O)C2CCCN(Cc3nc(-c4ccc(F)cc4)no3)C2)c1. The number of benzene rings is 2. The van der Waals surface area contributed by atoms with Gasteiger partial charge < -0.3 is 9.84 Å². The van der Waals surface area contributed by atoms with Crippen molar-refractivity contribution in [2.75, 3.05) is 18.4 Å². The first-order valence-electron chi connectivity index (χ1n) is 9.75. The summed E-state index contributed by atoms with van der Waals surface area (Å²) in [6.45, 7) is 4.01. The summed E-state index contributed by atoms with van der Waals surface area (Å²) in [6, 6.07) is 13.8. The standard InChI is InChI=1S/C22H23FN4O2/c1-15-4-2-6-19(12-15)24-22(28)17-5-3-11-27(13-17)14-20-25-21(26-29-20)16-7-9-18(23)10-8-16/h2,4,6-10,12,17H,3,5,11,13-14H2,1H3,(H,24,28). The van der Waals surface area contributed by atoms with E-state index in [0.29, 0.717) is 30.4 Å². The van der Waals surface area contributed by atoms with Gasteiger partial charge in [0.25, 0.3) is 0 Å². The summed E-state index contributed by atoms with van der Waals surface area (Å²) in [6.07, 6.45) is 1.80. The van der Waals surface area contributed by atoms with Crippen molar-refractivity contribution in [3.05, 3.63) is 65.8 Å². The summed E-state index contributed by atoms with van der Waals surface area (Å²) in [4.78, 5) is 19.2. The molecule has 1 fully saturated rings. The van der Waals surface area contributed by atoms with Crippen LogP contribution in [0, 0.1) is 18.7 Å². The van der Waals surface area contributed by atoms with E-state index in [1.807, 2.05) is 31.2 Å². The van der Waals surface area contributed by atoms with Crippen LogP contribution in [-0.2, 0) is 11.3 Å². The molecule has 29 heavy (non-hydrogen) atoms. The van der Waals surface area contributed by atoms with E-state index in [1.165, 1.54) is 12.1 Å². The quantitative estimate of drug-likeness (QED) is 0.707. The van der Waals surface area contributed by atoms with Crippen molar-refractivity contribution in [2.24, 2.45) is 5.92 Å². The fourth-order valence-electron chi connectivity index (χ4n) is 3.61. The number of nitrogens with one attached hydrogen (secondary N) is 1. The number of piperidine rings is 1. The van der Waals surface area contributed by atoms with E-state index in [0.717, 1.165) is 30.6 Å². The number of halogens is 1. The van der Waals surface area contributed by atoms with Crippen molar-refractivity contribution in [3.63, 3.8) is 0 Å². The minimum Gasteiger partial charge on any atom is -0.338 e. The second-order valence-electron chi connectivity index (χ2n) is 7.45. The van der Waals surface area contributed by atoms with Crippen LogP contribution in [-0.4, -0.2) is 34.0 Å². The number of hydrogen-bond acceptors (Lipinski definition) is 5. The van der Waals surface area contributed by atoms with Crippen molar-refractivity contribution in [1.82, 2.24) is 15.0 Å². The summed E-state index contributed by atoms with van der Waals surface area (Å²) < 4.78 is 18.4. The number of likely N-dealkylation sites (tertiary alicyclic amines) is 1. The van der Waals surface area contributed by atoms with Crippen molar-refractivity contribution in [2.45, 2.75) is 26.3 Å². The Labute approximate surface area is 168 Å². The second-order valence-corrected chi connectivity index (χ2v) is 7.45. The van der Waals surface area contributed by atoms with Crippen molar-refractivity contribution >= 4 is 11.6 Å². The number of rotatable bonds is 5. The maximum atomic E-state index is 13.1. The van der Waals surface area contributed by atoms with Crippen molar-refractivity contribution < 1.29 is 13.7 Å². The highest BCUT2D eigenvalue weighted by atomic mass is 19.1. The second kappa shape index (κ2) is 8.53. The number of amides is 1. The summed E-state index contributed by atoms with van der Waals surface area (Å²) >= 11 is 0. The Bertz CT molecular complexity index is 986. The lowest BCUT2D eigenvalue weighted by Crippen LogP contribution is -2.40. The number of carbonyl (C=O) groups is 1. The number of hydrogen-bond donors (Lipinski definition) is 1. The smallest absolute Gasteiger partial charge is 0.241 e. The van der Waals surface area contributed by atoms with Gasteiger partial charge in [0.1, 0.15) is 5.82 Å². The molecule has 1 saturated heterocycles. The number of anilines is 1. The zero-order chi connectivity index (χ0) is 20.2. The molecule has 2 aromatic carbocycles. The topological polar surface area (TPSA) is 71.3 Å². The van der Waals surface area contributed by atoms with Crippen LogP contribution >= 0.6 is 0 Å². The molecule has 1 N–H and O–H groups in total. The molecular formula is C22H23FN4O2. The van der Waals surface area contributed by atoms with Crippen LogP contribution in [0.25, 0.3) is 11.4 Å². The zero-order valence-corrected chi connectivity index (χ0v) is 16.3. The fourth-order valence-corrected chi connectivity index (χ4v) is 3.61. The lowest BCUT2D eigenvalue weighted by Gasteiger charge is -2.30. The van der Waals surface area contributed by atoms with Crippen molar-refractivity contribution in [3.8, 4) is 11.4 Å². The molecule has 0 aliphatic carbocycles. The van der Waals surface area contributed by atoms with Crippen LogP contribution < -0.4 is 5.32 Å². The Balaban J connectivity index is 1.36. The van der Waals surface area contributed by atoms with Gasteiger partial charge in [0.05, 0.1) is 12.5 Å².